The third-order valence-electron chi connectivity index (χ3n) is 6.46. The van der Waals surface area contributed by atoms with Crippen LogP contribution in [0.4, 0.5) is 0 Å². The first-order valence-corrected chi connectivity index (χ1v) is 13.5. The molecule has 0 amide bonds. The van der Waals surface area contributed by atoms with Crippen LogP contribution < -0.4 is 0 Å². The summed E-state index contributed by atoms with van der Waals surface area (Å²) < 4.78 is 0. The van der Waals surface area contributed by atoms with E-state index < -0.39 is 0 Å². The first-order chi connectivity index (χ1) is 13.5. The molecule has 1 atom stereocenters. The van der Waals surface area contributed by atoms with Crippen LogP contribution in [0.15, 0.2) is 0 Å². The van der Waals surface area contributed by atoms with Crippen molar-refractivity contribution in [2.24, 2.45) is 17.8 Å². The fourth-order valence-electron chi connectivity index (χ4n) is 4.36. The third-order valence-corrected chi connectivity index (χ3v) is 6.46. The number of hydrogen-bond donors (Lipinski definition) is 0. The highest BCUT2D eigenvalue weighted by molar-refractivity contribution is 4.56. The molecule has 0 aromatic rings. The normalized spacial score (nSPS) is 13.0. The molecule has 0 fully saturated rings. The SMILES string of the molecule is CC(C)CCCCCCCCCCCC(C)CCCCCCCCCC(C)C. The zero-order valence-electron chi connectivity index (χ0n) is 20.9. The first kappa shape index (κ1) is 28.0. The zero-order chi connectivity index (χ0) is 20.9. The monoisotopic (exact) mass is 394 g/mol. The maximum absolute atomic E-state index is 2.49. The molecule has 170 valence electrons. The highest BCUT2D eigenvalue weighted by Crippen LogP contribution is 2.19. The van der Waals surface area contributed by atoms with Crippen molar-refractivity contribution in [1.82, 2.24) is 0 Å². The van der Waals surface area contributed by atoms with Gasteiger partial charge in [-0.1, -0.05) is 163 Å². The molecule has 0 aromatic heterocycles. The van der Waals surface area contributed by atoms with E-state index >= 15 is 0 Å². The Morgan fingerprint density at radius 1 is 0.286 bits per heavy atom. The second kappa shape index (κ2) is 21.7. The summed E-state index contributed by atoms with van der Waals surface area (Å²) in [7, 11) is 0. The van der Waals surface area contributed by atoms with Crippen LogP contribution in [-0.4, -0.2) is 0 Å². The fourth-order valence-corrected chi connectivity index (χ4v) is 4.36. The van der Waals surface area contributed by atoms with Crippen molar-refractivity contribution in [3.8, 4) is 0 Å². The van der Waals surface area contributed by atoms with Gasteiger partial charge in [-0.3, -0.25) is 0 Å². The second-order valence-corrected chi connectivity index (χ2v) is 10.7. The molecular formula is C28H58. The van der Waals surface area contributed by atoms with E-state index in [9.17, 15) is 0 Å². The minimum Gasteiger partial charge on any atom is -0.0628 e. The molecular weight excluding hydrogens is 336 g/mol. The maximum Gasteiger partial charge on any atom is -0.0443 e. The molecule has 0 spiro atoms. The summed E-state index contributed by atoms with van der Waals surface area (Å²) in [6.45, 7) is 11.9. The van der Waals surface area contributed by atoms with Gasteiger partial charge in [-0.15, -0.1) is 0 Å². The Labute approximate surface area is 181 Å². The van der Waals surface area contributed by atoms with Gasteiger partial charge in [0.1, 0.15) is 0 Å². The molecule has 0 rings (SSSR count). The van der Waals surface area contributed by atoms with Crippen molar-refractivity contribution in [2.45, 2.75) is 163 Å². The molecule has 1 unspecified atom stereocenters. The van der Waals surface area contributed by atoms with E-state index in [0.717, 1.165) is 17.8 Å². The van der Waals surface area contributed by atoms with Gasteiger partial charge in [0.15, 0.2) is 0 Å². The van der Waals surface area contributed by atoms with E-state index in [4.69, 9.17) is 0 Å². The Morgan fingerprint density at radius 3 is 0.750 bits per heavy atom. The van der Waals surface area contributed by atoms with E-state index in [1.807, 2.05) is 0 Å². The summed E-state index contributed by atoms with van der Waals surface area (Å²) in [5.74, 6) is 2.75. The molecule has 0 N–H and O–H groups in total. The summed E-state index contributed by atoms with van der Waals surface area (Å²) >= 11 is 0. The minimum absolute atomic E-state index is 0.894. The van der Waals surface area contributed by atoms with Crippen LogP contribution in [-0.2, 0) is 0 Å². The van der Waals surface area contributed by atoms with Crippen LogP contribution in [0.2, 0.25) is 0 Å². The van der Waals surface area contributed by atoms with Gasteiger partial charge in [0, 0.05) is 0 Å². The summed E-state index contributed by atoms with van der Waals surface area (Å²) in [5, 5.41) is 0. The van der Waals surface area contributed by atoms with E-state index in [-0.39, 0.29) is 0 Å². The van der Waals surface area contributed by atoms with Crippen molar-refractivity contribution in [2.75, 3.05) is 0 Å². The van der Waals surface area contributed by atoms with Gasteiger partial charge in [0.05, 0.1) is 0 Å². The van der Waals surface area contributed by atoms with E-state index in [1.54, 1.807) is 0 Å². The standard InChI is InChI=1S/C28H58/c1-26(2)22-18-14-10-7-6-8-12-16-20-24-28(5)25-21-17-13-9-11-15-19-23-27(3)4/h26-28H,6-25H2,1-5H3. The van der Waals surface area contributed by atoms with Gasteiger partial charge in [-0.05, 0) is 17.8 Å². The average Bonchev–Trinajstić information content (AvgIpc) is 2.64. The smallest absolute Gasteiger partial charge is 0.0443 e. The molecule has 28 heavy (non-hydrogen) atoms. The topological polar surface area (TPSA) is 0 Å². The molecule has 0 aliphatic heterocycles. The summed E-state index contributed by atoms with van der Waals surface area (Å²) in [4.78, 5) is 0. The lowest BCUT2D eigenvalue weighted by Gasteiger charge is -2.11. The number of hydrogen-bond acceptors (Lipinski definition) is 0. The Kier molecular flexibility index (Phi) is 21.7. The Morgan fingerprint density at radius 2 is 0.500 bits per heavy atom. The van der Waals surface area contributed by atoms with E-state index in [1.165, 1.54) is 128 Å². The molecule has 0 bridgehead atoms. The molecule has 0 saturated heterocycles. The van der Waals surface area contributed by atoms with Crippen LogP contribution in [0.3, 0.4) is 0 Å². The van der Waals surface area contributed by atoms with Crippen molar-refractivity contribution in [3.05, 3.63) is 0 Å². The Hall–Kier alpha value is 0. The van der Waals surface area contributed by atoms with Crippen LogP contribution in [0.1, 0.15) is 163 Å². The van der Waals surface area contributed by atoms with Crippen molar-refractivity contribution < 1.29 is 0 Å². The Balaban J connectivity index is 3.16. The molecule has 0 aromatic carbocycles. The highest BCUT2D eigenvalue weighted by atomic mass is 14.1. The lowest BCUT2D eigenvalue weighted by atomic mass is 9.95. The van der Waals surface area contributed by atoms with Crippen LogP contribution in [0.25, 0.3) is 0 Å². The third kappa shape index (κ3) is 24.0. The molecule has 0 heterocycles. The van der Waals surface area contributed by atoms with Gasteiger partial charge in [0.2, 0.25) is 0 Å². The average molecular weight is 395 g/mol. The molecule has 0 aliphatic carbocycles. The highest BCUT2D eigenvalue weighted by Gasteiger charge is 2.02. The van der Waals surface area contributed by atoms with Gasteiger partial charge in [-0.25, -0.2) is 0 Å². The van der Waals surface area contributed by atoms with Crippen molar-refractivity contribution >= 4 is 0 Å². The summed E-state index contributed by atoms with van der Waals surface area (Å²) in [6, 6.07) is 0. The van der Waals surface area contributed by atoms with Gasteiger partial charge in [-0.2, -0.15) is 0 Å². The minimum atomic E-state index is 0.894. The lowest BCUT2D eigenvalue weighted by molar-refractivity contribution is 0.429. The van der Waals surface area contributed by atoms with E-state index in [2.05, 4.69) is 34.6 Å². The fraction of sp³-hybridized carbons (Fsp3) is 1.00. The van der Waals surface area contributed by atoms with Gasteiger partial charge in [0.25, 0.3) is 0 Å². The van der Waals surface area contributed by atoms with Crippen LogP contribution in [0, 0.1) is 17.8 Å². The first-order valence-electron chi connectivity index (χ1n) is 13.5. The largest absolute Gasteiger partial charge is 0.0628 e. The second-order valence-electron chi connectivity index (χ2n) is 10.7. The van der Waals surface area contributed by atoms with Gasteiger partial charge >= 0.3 is 0 Å². The molecule has 0 radical (unpaired) electrons. The Bertz CT molecular complexity index is 278. The number of rotatable bonds is 22. The zero-order valence-corrected chi connectivity index (χ0v) is 20.9. The van der Waals surface area contributed by atoms with Crippen LogP contribution in [0.5, 0.6) is 0 Å². The predicted molar refractivity (Wildman–Crippen MR) is 131 cm³/mol. The summed E-state index contributed by atoms with van der Waals surface area (Å²) in [6.07, 6.45) is 29.4. The molecule has 0 heteroatoms. The predicted octanol–water partition coefficient (Wildman–Crippen LogP) is 10.7. The number of unbranched alkanes of at least 4 members (excludes halogenated alkanes) is 14. The maximum atomic E-state index is 2.49. The summed E-state index contributed by atoms with van der Waals surface area (Å²) in [5.41, 5.74) is 0. The van der Waals surface area contributed by atoms with Crippen molar-refractivity contribution in [1.29, 1.82) is 0 Å². The quantitative estimate of drug-likeness (QED) is 0.160. The lowest BCUT2D eigenvalue weighted by Crippen LogP contribution is -1.95. The molecule has 0 saturated carbocycles. The van der Waals surface area contributed by atoms with Crippen molar-refractivity contribution in [3.63, 3.8) is 0 Å². The molecule has 0 nitrogen and oxygen atoms in total. The van der Waals surface area contributed by atoms with E-state index in [0.29, 0.717) is 0 Å². The van der Waals surface area contributed by atoms with Crippen LogP contribution >= 0.6 is 0 Å². The van der Waals surface area contributed by atoms with Gasteiger partial charge < -0.3 is 0 Å². The molecule has 0 aliphatic rings.